The normalized spacial score (nSPS) is 18.1. The molecule has 0 unspecified atom stereocenters. The zero-order valence-corrected chi connectivity index (χ0v) is 11.1. The van der Waals surface area contributed by atoms with Crippen LogP contribution in [0, 0.1) is 5.92 Å². The minimum atomic E-state index is -3.11. The number of hydrogen-bond acceptors (Lipinski definition) is 4. The molecule has 0 radical (unpaired) electrons. The zero-order valence-electron chi connectivity index (χ0n) is 10.3. The molecule has 17 heavy (non-hydrogen) atoms. The van der Waals surface area contributed by atoms with Crippen LogP contribution in [0.5, 0.6) is 0 Å². The third-order valence-electron chi connectivity index (χ3n) is 3.02. The highest BCUT2D eigenvalue weighted by Gasteiger charge is 2.23. The van der Waals surface area contributed by atoms with Gasteiger partial charge in [-0.15, -0.1) is 0 Å². The number of carbonyl (C=O) groups excluding carboxylic acids is 1. The molecule has 0 aromatic rings. The lowest BCUT2D eigenvalue weighted by atomic mass is 9.97. The number of hydrogen-bond donors (Lipinski definition) is 1. The minimum absolute atomic E-state index is 0.105. The Labute approximate surface area is 102 Å². The van der Waals surface area contributed by atoms with Gasteiger partial charge in [0.05, 0.1) is 12.9 Å². The summed E-state index contributed by atoms with van der Waals surface area (Å²) < 4.78 is 29.7. The van der Waals surface area contributed by atoms with Crippen LogP contribution in [0.1, 0.15) is 19.8 Å². The number of nitrogens with zero attached hydrogens (tertiary/aromatic N) is 1. The molecule has 0 saturated carbocycles. The smallest absolute Gasteiger partial charge is 0.409 e. The van der Waals surface area contributed by atoms with E-state index in [-0.39, 0.29) is 11.8 Å². The fraction of sp³-hybridized carbons (Fsp3) is 0.900. The van der Waals surface area contributed by atoms with Crippen molar-refractivity contribution in [3.63, 3.8) is 0 Å². The maximum Gasteiger partial charge on any atom is 0.409 e. The second kappa shape index (κ2) is 6.20. The summed E-state index contributed by atoms with van der Waals surface area (Å²) in [5.74, 6) is 0.408. The highest BCUT2D eigenvalue weighted by Crippen LogP contribution is 2.17. The SMILES string of the molecule is CCS(=O)(=O)NCC1CCN(C(=O)OC)CC1. The molecule has 0 atom stereocenters. The van der Waals surface area contributed by atoms with Crippen molar-refractivity contribution in [1.82, 2.24) is 9.62 Å². The Morgan fingerprint density at radius 2 is 2.00 bits per heavy atom. The zero-order chi connectivity index (χ0) is 12.9. The predicted molar refractivity (Wildman–Crippen MR) is 64.2 cm³/mol. The first-order valence-corrected chi connectivity index (χ1v) is 7.44. The molecule has 1 N–H and O–H groups in total. The monoisotopic (exact) mass is 264 g/mol. The number of sulfonamides is 1. The maximum absolute atomic E-state index is 11.3. The van der Waals surface area contributed by atoms with Crippen LogP contribution in [0.3, 0.4) is 0 Å². The first-order valence-electron chi connectivity index (χ1n) is 5.78. The van der Waals surface area contributed by atoms with Crippen molar-refractivity contribution < 1.29 is 17.9 Å². The first-order chi connectivity index (χ1) is 7.98. The van der Waals surface area contributed by atoms with Gasteiger partial charge in [-0.05, 0) is 25.7 Å². The lowest BCUT2D eigenvalue weighted by molar-refractivity contribution is 0.106. The van der Waals surface area contributed by atoms with E-state index >= 15 is 0 Å². The molecule has 1 fully saturated rings. The second-order valence-electron chi connectivity index (χ2n) is 4.15. The van der Waals surface area contributed by atoms with Gasteiger partial charge in [-0.3, -0.25) is 0 Å². The summed E-state index contributed by atoms with van der Waals surface area (Å²) in [5.41, 5.74) is 0. The van der Waals surface area contributed by atoms with Gasteiger partial charge in [0, 0.05) is 19.6 Å². The van der Waals surface area contributed by atoms with Crippen LogP contribution < -0.4 is 4.72 Å². The van der Waals surface area contributed by atoms with E-state index in [1.54, 1.807) is 11.8 Å². The topological polar surface area (TPSA) is 75.7 Å². The summed E-state index contributed by atoms with van der Waals surface area (Å²) in [6.45, 7) is 3.34. The van der Waals surface area contributed by atoms with Crippen molar-refractivity contribution in [1.29, 1.82) is 0 Å². The number of carbonyl (C=O) groups is 1. The van der Waals surface area contributed by atoms with E-state index in [1.807, 2.05) is 0 Å². The van der Waals surface area contributed by atoms with Gasteiger partial charge >= 0.3 is 6.09 Å². The van der Waals surface area contributed by atoms with Crippen molar-refractivity contribution in [2.24, 2.45) is 5.92 Å². The Bertz CT molecular complexity index is 347. The van der Waals surface area contributed by atoms with Crippen LogP contribution in [-0.2, 0) is 14.8 Å². The van der Waals surface area contributed by atoms with Gasteiger partial charge in [0.2, 0.25) is 10.0 Å². The van der Waals surface area contributed by atoms with Gasteiger partial charge in [-0.2, -0.15) is 0 Å². The fourth-order valence-corrected chi connectivity index (χ4v) is 2.49. The summed E-state index contributed by atoms with van der Waals surface area (Å²) in [5, 5.41) is 0. The summed E-state index contributed by atoms with van der Waals surface area (Å²) in [7, 11) is -1.74. The van der Waals surface area contributed by atoms with Crippen LogP contribution >= 0.6 is 0 Å². The van der Waals surface area contributed by atoms with Gasteiger partial charge in [-0.1, -0.05) is 0 Å². The molecule has 0 spiro atoms. The molecule has 100 valence electrons. The van der Waals surface area contributed by atoms with Gasteiger partial charge < -0.3 is 9.64 Å². The third kappa shape index (κ3) is 4.51. The molecular weight excluding hydrogens is 244 g/mol. The number of methoxy groups -OCH3 is 1. The van der Waals surface area contributed by atoms with Crippen molar-refractivity contribution in [2.75, 3.05) is 32.5 Å². The van der Waals surface area contributed by atoms with Crippen LogP contribution in [0.15, 0.2) is 0 Å². The molecule has 0 aromatic heterocycles. The molecule has 1 aliphatic rings. The molecule has 1 amide bonds. The summed E-state index contributed by atoms with van der Waals surface area (Å²) >= 11 is 0. The van der Waals surface area contributed by atoms with Gasteiger partial charge in [-0.25, -0.2) is 17.9 Å². The Morgan fingerprint density at radius 1 is 1.41 bits per heavy atom. The highest BCUT2D eigenvalue weighted by atomic mass is 32.2. The second-order valence-corrected chi connectivity index (χ2v) is 6.25. The maximum atomic E-state index is 11.3. The number of nitrogens with one attached hydrogen (secondary N) is 1. The number of likely N-dealkylation sites (tertiary alicyclic amines) is 1. The van der Waals surface area contributed by atoms with Crippen LogP contribution in [0.25, 0.3) is 0 Å². The average molecular weight is 264 g/mol. The van der Waals surface area contributed by atoms with Gasteiger partial charge in [0.1, 0.15) is 0 Å². The average Bonchev–Trinajstić information content (AvgIpc) is 2.36. The first kappa shape index (κ1) is 14.2. The molecule has 7 heteroatoms. The molecule has 1 heterocycles. The van der Waals surface area contributed by atoms with Crippen LogP contribution in [-0.4, -0.2) is 51.9 Å². The van der Waals surface area contributed by atoms with Crippen molar-refractivity contribution in [3.8, 4) is 0 Å². The van der Waals surface area contributed by atoms with Crippen molar-refractivity contribution in [2.45, 2.75) is 19.8 Å². The molecule has 0 aromatic carbocycles. The number of amides is 1. The number of ether oxygens (including phenoxy) is 1. The molecular formula is C10H20N2O4S. The predicted octanol–water partition coefficient (Wildman–Crippen LogP) is 0.404. The van der Waals surface area contributed by atoms with E-state index in [0.717, 1.165) is 12.8 Å². The minimum Gasteiger partial charge on any atom is -0.453 e. The molecule has 0 bridgehead atoms. The van der Waals surface area contributed by atoms with E-state index in [2.05, 4.69) is 9.46 Å². The Balaban J connectivity index is 2.31. The molecule has 1 aliphatic heterocycles. The lowest BCUT2D eigenvalue weighted by Gasteiger charge is -2.30. The Morgan fingerprint density at radius 3 is 2.47 bits per heavy atom. The van der Waals surface area contributed by atoms with E-state index in [4.69, 9.17) is 0 Å². The summed E-state index contributed by atoms with van der Waals surface area (Å²) in [4.78, 5) is 12.9. The molecule has 0 aliphatic carbocycles. The third-order valence-corrected chi connectivity index (χ3v) is 4.39. The summed E-state index contributed by atoms with van der Waals surface area (Å²) in [6.07, 6.45) is 1.31. The standard InChI is InChI=1S/C10H20N2O4S/c1-3-17(14,15)11-8-9-4-6-12(7-5-9)10(13)16-2/h9,11H,3-8H2,1-2H3. The van der Waals surface area contributed by atoms with Gasteiger partial charge in [0.25, 0.3) is 0 Å². The largest absolute Gasteiger partial charge is 0.453 e. The van der Waals surface area contributed by atoms with E-state index < -0.39 is 10.0 Å². The van der Waals surface area contributed by atoms with E-state index in [9.17, 15) is 13.2 Å². The molecule has 6 nitrogen and oxygen atoms in total. The number of piperidine rings is 1. The summed E-state index contributed by atoms with van der Waals surface area (Å²) in [6, 6.07) is 0. The fourth-order valence-electron chi connectivity index (χ4n) is 1.80. The Kier molecular flexibility index (Phi) is 5.20. The van der Waals surface area contributed by atoms with Crippen molar-refractivity contribution >= 4 is 16.1 Å². The van der Waals surface area contributed by atoms with E-state index in [1.165, 1.54) is 7.11 Å². The Hall–Kier alpha value is -0.820. The van der Waals surface area contributed by atoms with Crippen LogP contribution in [0.4, 0.5) is 4.79 Å². The van der Waals surface area contributed by atoms with E-state index in [0.29, 0.717) is 25.6 Å². The number of rotatable bonds is 4. The van der Waals surface area contributed by atoms with Crippen molar-refractivity contribution in [3.05, 3.63) is 0 Å². The molecule has 1 saturated heterocycles. The quantitative estimate of drug-likeness (QED) is 0.797. The van der Waals surface area contributed by atoms with Crippen LogP contribution in [0.2, 0.25) is 0 Å². The van der Waals surface area contributed by atoms with Gasteiger partial charge in [0.15, 0.2) is 0 Å². The highest BCUT2D eigenvalue weighted by molar-refractivity contribution is 7.89. The lowest BCUT2D eigenvalue weighted by Crippen LogP contribution is -2.41. The molecule has 1 rings (SSSR count).